The van der Waals surface area contributed by atoms with E-state index in [1.54, 1.807) is 18.3 Å². The molecule has 1 N–H and O–H groups in total. The molecule has 1 saturated carbocycles. The molecular formula is C20H24FN3O. The number of aromatic nitrogens is 2. The van der Waals surface area contributed by atoms with Gasteiger partial charge in [0.15, 0.2) is 0 Å². The van der Waals surface area contributed by atoms with Gasteiger partial charge < -0.3 is 4.90 Å². The number of hydrogen-bond acceptors (Lipinski definition) is 2. The van der Waals surface area contributed by atoms with E-state index in [4.69, 9.17) is 0 Å². The minimum absolute atomic E-state index is 0.0217. The second kappa shape index (κ2) is 6.98. The lowest BCUT2D eigenvalue weighted by Gasteiger charge is -2.30. The van der Waals surface area contributed by atoms with Crippen molar-refractivity contribution in [3.05, 3.63) is 42.0 Å². The Hall–Kier alpha value is -2.17. The summed E-state index contributed by atoms with van der Waals surface area (Å²) in [6.07, 6.45) is 9.12. The molecule has 0 bridgehead atoms. The molecule has 0 spiro atoms. The van der Waals surface area contributed by atoms with E-state index in [-0.39, 0.29) is 23.7 Å². The lowest BCUT2D eigenvalue weighted by atomic mass is 9.88. The maximum atomic E-state index is 14.2. The number of nitrogens with zero attached hydrogens (tertiary/aromatic N) is 2. The standard InChI is InChI=1S/C20H24FN3O/c21-17-10-5-4-9-15(17)16-13-22-23-19(16)18-11-6-12-24(18)20(25)14-7-2-1-3-8-14/h4-5,9-10,13-14,18H,1-3,6-8,11-12H2,(H,22,23). The molecule has 0 radical (unpaired) electrons. The first-order valence-corrected chi connectivity index (χ1v) is 9.34. The maximum absolute atomic E-state index is 14.2. The van der Waals surface area contributed by atoms with Gasteiger partial charge in [-0.2, -0.15) is 5.10 Å². The fourth-order valence-corrected chi connectivity index (χ4v) is 4.36. The fraction of sp³-hybridized carbons (Fsp3) is 0.500. The van der Waals surface area contributed by atoms with Crippen molar-refractivity contribution >= 4 is 5.91 Å². The van der Waals surface area contributed by atoms with Crippen LogP contribution in [-0.4, -0.2) is 27.5 Å². The maximum Gasteiger partial charge on any atom is 0.226 e. The van der Waals surface area contributed by atoms with Crippen molar-refractivity contribution in [3.63, 3.8) is 0 Å². The zero-order valence-corrected chi connectivity index (χ0v) is 14.4. The van der Waals surface area contributed by atoms with E-state index < -0.39 is 0 Å². The van der Waals surface area contributed by atoms with E-state index in [1.807, 2.05) is 11.0 Å². The number of H-pyrrole nitrogens is 1. The van der Waals surface area contributed by atoms with Crippen LogP contribution in [0.1, 0.15) is 56.7 Å². The number of aromatic amines is 1. The van der Waals surface area contributed by atoms with Gasteiger partial charge in [-0.05, 0) is 31.7 Å². The van der Waals surface area contributed by atoms with Crippen molar-refractivity contribution in [2.75, 3.05) is 6.54 Å². The van der Waals surface area contributed by atoms with Crippen molar-refractivity contribution in [2.24, 2.45) is 5.92 Å². The third kappa shape index (κ3) is 3.08. The van der Waals surface area contributed by atoms with Gasteiger partial charge in [-0.15, -0.1) is 0 Å². The highest BCUT2D eigenvalue weighted by molar-refractivity contribution is 5.80. The molecule has 1 aromatic carbocycles. The first-order chi connectivity index (χ1) is 12.3. The van der Waals surface area contributed by atoms with Crippen LogP contribution in [0, 0.1) is 11.7 Å². The van der Waals surface area contributed by atoms with Gasteiger partial charge in [-0.25, -0.2) is 4.39 Å². The molecular weight excluding hydrogens is 317 g/mol. The summed E-state index contributed by atoms with van der Waals surface area (Å²) in [7, 11) is 0. The van der Waals surface area contributed by atoms with E-state index >= 15 is 0 Å². The van der Waals surface area contributed by atoms with Gasteiger partial charge in [0.25, 0.3) is 0 Å². The minimum atomic E-state index is -0.256. The Balaban J connectivity index is 1.62. The van der Waals surface area contributed by atoms with Gasteiger partial charge in [-0.1, -0.05) is 37.5 Å². The zero-order valence-electron chi connectivity index (χ0n) is 14.4. The van der Waals surface area contributed by atoms with E-state index in [0.29, 0.717) is 5.56 Å². The largest absolute Gasteiger partial charge is 0.334 e. The molecule has 2 aliphatic rings. The molecule has 25 heavy (non-hydrogen) atoms. The van der Waals surface area contributed by atoms with Gasteiger partial charge >= 0.3 is 0 Å². The zero-order chi connectivity index (χ0) is 17.2. The highest BCUT2D eigenvalue weighted by Gasteiger charge is 2.36. The van der Waals surface area contributed by atoms with Crippen LogP contribution in [0.15, 0.2) is 30.5 Å². The molecule has 4 nitrogen and oxygen atoms in total. The lowest BCUT2D eigenvalue weighted by molar-refractivity contribution is -0.137. The van der Waals surface area contributed by atoms with E-state index in [1.165, 1.54) is 12.5 Å². The SMILES string of the molecule is O=C(C1CCCCC1)N1CCCC1c1[nH]ncc1-c1ccccc1F. The van der Waals surface area contributed by atoms with Crippen LogP contribution in [-0.2, 0) is 4.79 Å². The first-order valence-electron chi connectivity index (χ1n) is 9.34. The van der Waals surface area contributed by atoms with Crippen LogP contribution < -0.4 is 0 Å². The summed E-state index contributed by atoms with van der Waals surface area (Å²) in [5.74, 6) is 0.179. The lowest BCUT2D eigenvalue weighted by Crippen LogP contribution is -2.36. The molecule has 1 aromatic heterocycles. The number of benzene rings is 1. The van der Waals surface area contributed by atoms with Gasteiger partial charge in [0.2, 0.25) is 5.91 Å². The van der Waals surface area contributed by atoms with Crippen LogP contribution in [0.4, 0.5) is 4.39 Å². The number of carbonyl (C=O) groups excluding carboxylic acids is 1. The second-order valence-electron chi connectivity index (χ2n) is 7.20. The quantitative estimate of drug-likeness (QED) is 0.896. The monoisotopic (exact) mass is 341 g/mol. The van der Waals surface area contributed by atoms with E-state index in [9.17, 15) is 9.18 Å². The normalized spacial score (nSPS) is 21.6. The fourth-order valence-electron chi connectivity index (χ4n) is 4.36. The van der Waals surface area contributed by atoms with Gasteiger partial charge in [-0.3, -0.25) is 9.89 Å². The van der Waals surface area contributed by atoms with Crippen molar-refractivity contribution in [3.8, 4) is 11.1 Å². The molecule has 2 fully saturated rings. The average Bonchev–Trinajstić information content (AvgIpc) is 3.31. The Labute approximate surface area is 147 Å². The number of carbonyl (C=O) groups is 1. The molecule has 5 heteroatoms. The van der Waals surface area contributed by atoms with Crippen LogP contribution in [0.5, 0.6) is 0 Å². The summed E-state index contributed by atoms with van der Waals surface area (Å²) in [5, 5.41) is 7.21. The van der Waals surface area contributed by atoms with Crippen molar-refractivity contribution in [1.82, 2.24) is 15.1 Å². The molecule has 1 aliphatic heterocycles. The smallest absolute Gasteiger partial charge is 0.226 e. The van der Waals surface area contributed by atoms with Crippen molar-refractivity contribution in [2.45, 2.75) is 51.0 Å². The average molecular weight is 341 g/mol. The molecule has 2 heterocycles. The highest BCUT2D eigenvalue weighted by atomic mass is 19.1. The summed E-state index contributed by atoms with van der Waals surface area (Å²) in [6.45, 7) is 0.787. The molecule has 1 aliphatic carbocycles. The molecule has 2 aromatic rings. The van der Waals surface area contributed by atoms with E-state index in [2.05, 4.69) is 10.2 Å². The summed E-state index contributed by atoms with van der Waals surface area (Å²) in [4.78, 5) is 15.0. The third-order valence-corrected chi connectivity index (χ3v) is 5.66. The number of nitrogens with one attached hydrogen (secondary N) is 1. The molecule has 1 atom stereocenters. The van der Waals surface area contributed by atoms with Gasteiger partial charge in [0, 0.05) is 23.6 Å². The molecule has 132 valence electrons. The Kier molecular flexibility index (Phi) is 4.55. The second-order valence-corrected chi connectivity index (χ2v) is 7.20. The topological polar surface area (TPSA) is 49.0 Å². The van der Waals surface area contributed by atoms with Crippen LogP contribution >= 0.6 is 0 Å². The Morgan fingerprint density at radius 2 is 1.88 bits per heavy atom. The van der Waals surface area contributed by atoms with E-state index in [0.717, 1.165) is 56.3 Å². The summed E-state index contributed by atoms with van der Waals surface area (Å²) in [5.41, 5.74) is 2.18. The number of likely N-dealkylation sites (tertiary alicyclic amines) is 1. The summed E-state index contributed by atoms with van der Waals surface area (Å²) >= 11 is 0. The predicted octanol–water partition coefficient (Wildman–Crippen LogP) is 4.46. The number of halogens is 1. The predicted molar refractivity (Wildman–Crippen MR) is 94.2 cm³/mol. The summed E-state index contributed by atoms with van der Waals surface area (Å²) in [6, 6.07) is 6.73. The van der Waals surface area contributed by atoms with Crippen LogP contribution in [0.25, 0.3) is 11.1 Å². The van der Waals surface area contributed by atoms with Crippen molar-refractivity contribution < 1.29 is 9.18 Å². The highest BCUT2D eigenvalue weighted by Crippen LogP contribution is 2.39. The Bertz CT molecular complexity index is 751. The number of hydrogen-bond donors (Lipinski definition) is 1. The Morgan fingerprint density at radius 3 is 2.68 bits per heavy atom. The van der Waals surface area contributed by atoms with Crippen molar-refractivity contribution in [1.29, 1.82) is 0 Å². The number of rotatable bonds is 3. The molecule has 1 amide bonds. The minimum Gasteiger partial charge on any atom is -0.334 e. The number of amides is 1. The van der Waals surface area contributed by atoms with Crippen LogP contribution in [0.3, 0.4) is 0 Å². The third-order valence-electron chi connectivity index (χ3n) is 5.66. The first kappa shape index (κ1) is 16.3. The van der Waals surface area contributed by atoms with Gasteiger partial charge in [0.1, 0.15) is 5.82 Å². The molecule has 1 unspecified atom stereocenters. The molecule has 4 rings (SSSR count). The van der Waals surface area contributed by atoms with Crippen LogP contribution in [0.2, 0.25) is 0 Å². The van der Waals surface area contributed by atoms with Gasteiger partial charge in [0.05, 0.1) is 17.9 Å². The Morgan fingerprint density at radius 1 is 1.08 bits per heavy atom. The molecule has 1 saturated heterocycles. The summed E-state index contributed by atoms with van der Waals surface area (Å²) < 4.78 is 14.2.